The monoisotopic (exact) mass is 300 g/mol. The van der Waals surface area contributed by atoms with E-state index in [1.54, 1.807) is 30.3 Å². The number of rotatable bonds is 5. The molecule has 0 aliphatic carbocycles. The predicted molar refractivity (Wildman–Crippen MR) is 80.4 cm³/mol. The maximum Gasteiger partial charge on any atom is 0.282 e. The molecule has 6 heteroatoms. The zero-order chi connectivity index (χ0) is 15.2. The molecule has 0 aliphatic heterocycles. The molecule has 0 bridgehead atoms. The van der Waals surface area contributed by atoms with Gasteiger partial charge in [-0.25, -0.2) is 0 Å². The van der Waals surface area contributed by atoms with E-state index in [4.69, 9.17) is 10.00 Å². The molecule has 0 saturated carbocycles. The van der Waals surface area contributed by atoms with E-state index in [1.807, 2.05) is 6.07 Å². The Hall–Kier alpha value is -2.52. The topological polar surface area (TPSA) is 76.2 Å². The molecule has 0 aromatic heterocycles. The fourth-order valence-electron chi connectivity index (χ4n) is 1.81. The van der Waals surface area contributed by atoms with E-state index in [9.17, 15) is 10.1 Å². The van der Waals surface area contributed by atoms with Gasteiger partial charge in [0.05, 0.1) is 22.5 Å². The summed E-state index contributed by atoms with van der Waals surface area (Å²) in [5.41, 5.74) is 1.51. The highest BCUT2D eigenvalue weighted by atomic mass is 32.2. The van der Waals surface area contributed by atoms with Crippen LogP contribution >= 0.6 is 11.8 Å². The molecule has 5 nitrogen and oxygen atoms in total. The fraction of sp³-hybridized carbons (Fsp3) is 0.133. The second kappa shape index (κ2) is 6.77. The normalized spacial score (nSPS) is 9.90. The lowest BCUT2D eigenvalue weighted by Gasteiger charge is -2.06. The van der Waals surface area contributed by atoms with Gasteiger partial charge in [0.2, 0.25) is 0 Å². The van der Waals surface area contributed by atoms with Crippen molar-refractivity contribution >= 4 is 17.4 Å². The Balaban J connectivity index is 2.18. The average Bonchev–Trinajstić information content (AvgIpc) is 2.52. The van der Waals surface area contributed by atoms with Crippen LogP contribution in [0, 0.1) is 21.4 Å². The molecule has 0 fully saturated rings. The van der Waals surface area contributed by atoms with Crippen molar-refractivity contribution in [2.24, 2.45) is 0 Å². The highest BCUT2D eigenvalue weighted by Gasteiger charge is 2.13. The molecular formula is C15H12N2O3S. The van der Waals surface area contributed by atoms with Gasteiger partial charge in [-0.15, -0.1) is 11.8 Å². The van der Waals surface area contributed by atoms with E-state index in [2.05, 4.69) is 6.07 Å². The van der Waals surface area contributed by atoms with Crippen LogP contribution in [-0.4, -0.2) is 12.0 Å². The summed E-state index contributed by atoms with van der Waals surface area (Å²) in [4.78, 5) is 11.2. The van der Waals surface area contributed by atoms with Gasteiger partial charge in [-0.2, -0.15) is 5.26 Å². The van der Waals surface area contributed by atoms with Crippen LogP contribution in [0.4, 0.5) is 5.69 Å². The van der Waals surface area contributed by atoms with Crippen LogP contribution in [0.3, 0.4) is 0 Å². The van der Waals surface area contributed by atoms with E-state index in [0.717, 1.165) is 5.56 Å². The number of nitro groups is 1. The number of nitriles is 1. The van der Waals surface area contributed by atoms with Crippen LogP contribution in [0.15, 0.2) is 47.4 Å². The van der Waals surface area contributed by atoms with Gasteiger partial charge in [0, 0.05) is 11.8 Å². The van der Waals surface area contributed by atoms with Crippen molar-refractivity contribution in [3.63, 3.8) is 0 Å². The Morgan fingerprint density at radius 3 is 2.76 bits per heavy atom. The van der Waals surface area contributed by atoms with Crippen molar-refractivity contribution in [3.05, 3.63) is 63.7 Å². The smallest absolute Gasteiger partial charge is 0.282 e. The number of nitro benzene ring substituents is 1. The first-order valence-corrected chi connectivity index (χ1v) is 7.07. The van der Waals surface area contributed by atoms with Crippen LogP contribution in [0.1, 0.15) is 11.1 Å². The maximum atomic E-state index is 11.0. The van der Waals surface area contributed by atoms with Crippen molar-refractivity contribution in [1.29, 1.82) is 5.26 Å². The minimum absolute atomic E-state index is 0.100. The fourth-order valence-corrected chi connectivity index (χ4v) is 2.78. The number of ether oxygens (including phenoxy) is 1. The lowest BCUT2D eigenvalue weighted by Crippen LogP contribution is -1.92. The Morgan fingerprint density at radius 2 is 2.10 bits per heavy atom. The molecule has 0 N–H and O–H groups in total. The van der Waals surface area contributed by atoms with Crippen LogP contribution in [0.5, 0.6) is 5.75 Å². The third-order valence-corrected chi connectivity index (χ3v) is 3.98. The zero-order valence-electron chi connectivity index (χ0n) is 11.3. The van der Waals surface area contributed by atoms with Crippen molar-refractivity contribution < 1.29 is 9.66 Å². The summed E-state index contributed by atoms with van der Waals surface area (Å²) >= 11 is 1.38. The Kier molecular flexibility index (Phi) is 4.80. The van der Waals surface area contributed by atoms with Gasteiger partial charge in [-0.1, -0.05) is 18.2 Å². The molecule has 0 aliphatic rings. The summed E-state index contributed by atoms with van der Waals surface area (Å²) in [6.45, 7) is 0. The van der Waals surface area contributed by atoms with E-state index < -0.39 is 0 Å². The van der Waals surface area contributed by atoms with Gasteiger partial charge in [0.25, 0.3) is 5.69 Å². The van der Waals surface area contributed by atoms with E-state index in [-0.39, 0.29) is 10.6 Å². The largest absolute Gasteiger partial charge is 0.495 e. The predicted octanol–water partition coefficient (Wildman–Crippen LogP) is 3.77. The van der Waals surface area contributed by atoms with E-state index in [0.29, 0.717) is 22.0 Å². The number of thioether (sulfide) groups is 1. The summed E-state index contributed by atoms with van der Waals surface area (Å²) in [5.74, 6) is 1.07. The van der Waals surface area contributed by atoms with E-state index in [1.165, 1.54) is 24.9 Å². The molecule has 2 aromatic rings. The molecule has 0 spiro atoms. The van der Waals surface area contributed by atoms with Gasteiger partial charge < -0.3 is 4.74 Å². The Bertz CT molecular complexity index is 710. The zero-order valence-corrected chi connectivity index (χ0v) is 12.1. The summed E-state index contributed by atoms with van der Waals surface area (Å²) in [6, 6.07) is 14.0. The number of methoxy groups -OCH3 is 1. The van der Waals surface area contributed by atoms with Crippen LogP contribution in [-0.2, 0) is 5.75 Å². The van der Waals surface area contributed by atoms with Gasteiger partial charge in [-0.3, -0.25) is 10.1 Å². The second-order valence-corrected chi connectivity index (χ2v) is 5.18. The number of nitrogens with zero attached hydrogens (tertiary/aromatic N) is 2. The molecule has 0 unspecified atom stereocenters. The quantitative estimate of drug-likeness (QED) is 0.477. The molecule has 0 heterocycles. The SMILES string of the molecule is COc1cc(CSc2ccccc2[N+](=O)[O-])ccc1C#N. The lowest BCUT2D eigenvalue weighted by atomic mass is 10.1. The Labute approximate surface area is 126 Å². The highest BCUT2D eigenvalue weighted by Crippen LogP contribution is 2.32. The summed E-state index contributed by atoms with van der Waals surface area (Å²) in [6.07, 6.45) is 0. The molecule has 0 atom stereocenters. The third kappa shape index (κ3) is 3.52. The molecule has 2 aromatic carbocycles. The van der Waals surface area contributed by atoms with Gasteiger partial charge in [0.15, 0.2) is 0 Å². The van der Waals surface area contributed by atoms with Gasteiger partial charge in [0.1, 0.15) is 11.8 Å². The minimum atomic E-state index is -0.387. The second-order valence-electron chi connectivity index (χ2n) is 4.16. The molecule has 0 amide bonds. The van der Waals surface area contributed by atoms with Gasteiger partial charge >= 0.3 is 0 Å². The maximum absolute atomic E-state index is 11.0. The standard InChI is InChI=1S/C15H12N2O3S/c1-20-14-8-11(6-7-12(14)9-16)10-21-15-5-3-2-4-13(15)17(18)19/h2-8H,10H2,1H3. The lowest BCUT2D eigenvalue weighted by molar-refractivity contribution is -0.387. The molecule has 0 saturated heterocycles. The molecule has 21 heavy (non-hydrogen) atoms. The first-order valence-electron chi connectivity index (χ1n) is 6.09. The number of hydrogen-bond donors (Lipinski definition) is 0. The molecule has 106 valence electrons. The first-order chi connectivity index (χ1) is 10.2. The summed E-state index contributed by atoms with van der Waals surface area (Å²) in [7, 11) is 1.51. The van der Waals surface area contributed by atoms with Crippen LogP contribution < -0.4 is 4.74 Å². The van der Waals surface area contributed by atoms with Crippen molar-refractivity contribution in [2.45, 2.75) is 10.6 Å². The van der Waals surface area contributed by atoms with Crippen molar-refractivity contribution in [2.75, 3.05) is 7.11 Å². The molecule has 2 rings (SSSR count). The minimum Gasteiger partial charge on any atom is -0.495 e. The molecule has 0 radical (unpaired) electrons. The van der Waals surface area contributed by atoms with Crippen LogP contribution in [0.25, 0.3) is 0 Å². The average molecular weight is 300 g/mol. The highest BCUT2D eigenvalue weighted by molar-refractivity contribution is 7.98. The van der Waals surface area contributed by atoms with E-state index >= 15 is 0 Å². The number of hydrogen-bond acceptors (Lipinski definition) is 5. The third-order valence-electron chi connectivity index (χ3n) is 2.84. The Morgan fingerprint density at radius 1 is 1.33 bits per heavy atom. The first kappa shape index (κ1) is 14.9. The number of para-hydroxylation sites is 1. The van der Waals surface area contributed by atoms with Crippen molar-refractivity contribution in [3.8, 4) is 11.8 Å². The van der Waals surface area contributed by atoms with Crippen molar-refractivity contribution in [1.82, 2.24) is 0 Å². The summed E-state index contributed by atoms with van der Waals surface area (Å²) < 4.78 is 5.15. The van der Waals surface area contributed by atoms with Gasteiger partial charge in [-0.05, 0) is 23.8 Å². The summed E-state index contributed by atoms with van der Waals surface area (Å²) in [5, 5.41) is 19.9. The number of benzene rings is 2. The molecular weight excluding hydrogens is 288 g/mol. The van der Waals surface area contributed by atoms with Crippen LogP contribution in [0.2, 0.25) is 0 Å².